The fraction of sp³-hybridized carbons (Fsp3) is 0.481. The van der Waals surface area contributed by atoms with E-state index in [-0.39, 0.29) is 18.9 Å². The minimum absolute atomic E-state index is 0.00561. The fourth-order valence-electron chi connectivity index (χ4n) is 7.14. The van der Waals surface area contributed by atoms with Crippen molar-refractivity contribution in [1.82, 2.24) is 0 Å². The van der Waals surface area contributed by atoms with Crippen molar-refractivity contribution >= 4 is 83.5 Å². The summed E-state index contributed by atoms with van der Waals surface area (Å²) in [6, 6.07) is 15.6. The van der Waals surface area contributed by atoms with Gasteiger partial charge in [-0.15, -0.1) is 43.1 Å². The van der Waals surface area contributed by atoms with Crippen LogP contribution in [0.5, 0.6) is 0 Å². The van der Waals surface area contributed by atoms with Crippen molar-refractivity contribution in [3.8, 4) is 12.1 Å². The zero-order chi connectivity index (χ0) is 54.1. The van der Waals surface area contributed by atoms with Crippen LogP contribution in [0.25, 0.3) is 9.69 Å². The number of nitrogens with zero attached hydrogens (tertiary/aromatic N) is 10. The topological polar surface area (TPSA) is 216 Å². The number of hydrogen-bond donors (Lipinski definition) is 2. The second kappa shape index (κ2) is 35.3. The first-order valence-corrected chi connectivity index (χ1v) is 26.4. The zero-order valence-corrected chi connectivity index (χ0v) is 45.3. The van der Waals surface area contributed by atoms with Gasteiger partial charge in [-0.2, -0.15) is 10.5 Å². The molecule has 0 aliphatic rings. The van der Waals surface area contributed by atoms with Crippen LogP contribution >= 0.6 is 22.7 Å². The van der Waals surface area contributed by atoms with Gasteiger partial charge in [0.05, 0.1) is 81.7 Å². The van der Waals surface area contributed by atoms with E-state index in [0.29, 0.717) is 118 Å². The molecule has 2 aromatic heterocycles. The number of hydrogen-bond acceptors (Lipinski definition) is 17. The summed E-state index contributed by atoms with van der Waals surface area (Å²) in [5, 5.41) is 49.6. The lowest BCUT2D eigenvalue weighted by molar-refractivity contribution is -0.135. The van der Waals surface area contributed by atoms with Crippen molar-refractivity contribution in [3.63, 3.8) is 0 Å². The van der Waals surface area contributed by atoms with Crippen LogP contribution in [0.2, 0.25) is 0 Å². The highest BCUT2D eigenvalue weighted by atomic mass is 32.1. The van der Waals surface area contributed by atoms with Crippen molar-refractivity contribution in [2.24, 2.45) is 20.5 Å². The number of azo groups is 2. The molecule has 4 aromatic rings. The van der Waals surface area contributed by atoms with Crippen molar-refractivity contribution in [2.45, 2.75) is 99.5 Å². The van der Waals surface area contributed by atoms with Crippen LogP contribution in [0.15, 0.2) is 69.0 Å². The van der Waals surface area contributed by atoms with Gasteiger partial charge >= 0.3 is 0 Å². The van der Waals surface area contributed by atoms with Gasteiger partial charge < -0.3 is 39.2 Å². The highest BCUT2D eigenvalue weighted by Crippen LogP contribution is 2.43. The Morgan fingerprint density at radius 3 is 1.85 bits per heavy atom. The van der Waals surface area contributed by atoms with E-state index in [9.17, 15) is 20.1 Å². The number of carbonyl (C=O) groups excluding carboxylic acids is 2. The molecule has 2 heterocycles. The predicted molar refractivity (Wildman–Crippen MR) is 294 cm³/mol. The Morgan fingerprint density at radius 2 is 1.32 bits per heavy atom. The third-order valence-corrected chi connectivity index (χ3v) is 13.4. The first-order chi connectivity index (χ1) is 36.0. The van der Waals surface area contributed by atoms with E-state index in [4.69, 9.17) is 37.2 Å². The Labute approximate surface area is 444 Å². The molecule has 0 radical (unpaired) electrons. The van der Waals surface area contributed by atoms with Crippen LogP contribution in [0.3, 0.4) is 0 Å². The first-order valence-electron chi connectivity index (χ1n) is 24.7. The average Bonchev–Trinajstić information content (AvgIpc) is 3.89. The molecule has 0 bridgehead atoms. The summed E-state index contributed by atoms with van der Waals surface area (Å²) in [7, 11) is 0. The van der Waals surface area contributed by atoms with E-state index < -0.39 is 6.10 Å². The van der Waals surface area contributed by atoms with Gasteiger partial charge in [-0.3, -0.25) is 9.59 Å². The number of aryl methyl sites for hydroxylation is 1. The van der Waals surface area contributed by atoms with Crippen molar-refractivity contribution in [1.29, 1.82) is 10.5 Å². The van der Waals surface area contributed by atoms with Gasteiger partial charge in [0.2, 0.25) is 15.9 Å². The van der Waals surface area contributed by atoms with Crippen LogP contribution in [0, 0.1) is 56.6 Å². The number of rotatable bonds is 32. The molecule has 0 saturated heterocycles. The second-order valence-electron chi connectivity index (χ2n) is 16.5. The number of anilines is 3. The molecule has 74 heavy (non-hydrogen) atoms. The van der Waals surface area contributed by atoms with E-state index in [1.54, 1.807) is 19.9 Å². The van der Waals surface area contributed by atoms with Crippen LogP contribution in [0.4, 0.5) is 48.4 Å². The maximum absolute atomic E-state index is 13.0. The molecule has 1 unspecified atom stereocenters. The molecule has 20 heteroatoms. The summed E-state index contributed by atoms with van der Waals surface area (Å²) in [4.78, 5) is 35.3. The molecule has 0 aliphatic heterocycles. The SMILES string of the molecule is [C-]#[N+]c1sc(N=Nc2ccc(N(CC)CC)cc2NC(=O)CC(C/C=C/CCCCC)OC=O)c(C#N)c1C.[C-]#[N+]c1sc(N=Nc2ccc(N(CCOCCO)CCOCCOCCC)cc2C)c(C#N)c1C. The van der Waals surface area contributed by atoms with Gasteiger partial charge in [0.25, 0.3) is 6.47 Å². The molecule has 0 fully saturated rings. The third kappa shape index (κ3) is 20.2. The first kappa shape index (κ1) is 61.4. The van der Waals surface area contributed by atoms with Crippen molar-refractivity contribution < 1.29 is 33.6 Å². The molecular weight excluding hydrogens is 979 g/mol. The molecule has 0 saturated carbocycles. The van der Waals surface area contributed by atoms with Crippen molar-refractivity contribution in [3.05, 3.63) is 99.2 Å². The summed E-state index contributed by atoms with van der Waals surface area (Å²) >= 11 is 2.28. The average molecular weight is 1050 g/mol. The number of nitrogens with one attached hydrogen (secondary N) is 1. The molecule has 394 valence electrons. The normalized spacial score (nSPS) is 11.4. The quantitative estimate of drug-likeness (QED) is 0.0154. The van der Waals surface area contributed by atoms with Crippen molar-refractivity contribution in [2.75, 3.05) is 87.5 Å². The standard InChI is InChI=1S/C29H36N6O3S.C25H33N5O4S/c1-6-9-10-11-12-13-14-23(38-20-36)18-27(37)32-26-17-22(35(7-2)8-3)15-16-25(26)33-34-29-24(19-30)21(4)28(31-5)39-29;1-5-11-32-15-16-34-13-9-30(8-12-33-14-10-31)21-6-7-23(19(2)17-21)28-29-25-22(18-26)20(3)24(27-4)35-25/h12-13,15-17,20,23H,6-11,14,18H2,1-4H3,(H,32,37);6-7,17,31H,5,8-16H2,1-3H3/b13-12+,34-33?;. The van der Waals surface area contributed by atoms with Gasteiger partial charge in [-0.1, -0.05) is 38.8 Å². The molecule has 1 amide bonds. The van der Waals surface area contributed by atoms with Crippen LogP contribution < -0.4 is 15.1 Å². The molecule has 4 rings (SSSR count). The lowest BCUT2D eigenvalue weighted by Gasteiger charge is -2.25. The lowest BCUT2D eigenvalue weighted by Crippen LogP contribution is -2.31. The molecule has 2 N–H and O–H groups in total. The minimum atomic E-state index is -0.583. The maximum atomic E-state index is 13.0. The number of aliphatic hydroxyl groups is 1. The summed E-state index contributed by atoms with van der Waals surface area (Å²) in [5.41, 5.74) is 6.32. The smallest absolute Gasteiger partial charge is 0.293 e. The van der Waals surface area contributed by atoms with E-state index >= 15 is 0 Å². The Hall–Kier alpha value is -6.88. The summed E-state index contributed by atoms with van der Waals surface area (Å²) < 4.78 is 21.8. The Balaban J connectivity index is 0.000000393. The number of amides is 1. The number of unbranched alkanes of at least 4 members (excludes halogenated alkanes) is 3. The molecule has 18 nitrogen and oxygen atoms in total. The molecule has 0 spiro atoms. The van der Waals surface area contributed by atoms with Crippen LogP contribution in [-0.4, -0.2) is 96.0 Å². The summed E-state index contributed by atoms with van der Waals surface area (Å²) in [6.45, 7) is 34.8. The van der Waals surface area contributed by atoms with E-state index in [0.717, 1.165) is 80.1 Å². The number of aliphatic hydroxyl groups excluding tert-OH is 1. The largest absolute Gasteiger partial charge is 0.464 e. The number of carbonyl (C=O) groups is 2. The molecule has 2 aromatic carbocycles. The second-order valence-corrected chi connectivity index (χ2v) is 18.4. The Bertz CT molecular complexity index is 2650. The third-order valence-electron chi connectivity index (χ3n) is 11.2. The summed E-state index contributed by atoms with van der Waals surface area (Å²) in [5.74, 6) is -0.325. The number of nitriles is 2. The highest BCUT2D eigenvalue weighted by molar-refractivity contribution is 7.20. The van der Waals surface area contributed by atoms with E-state index in [1.165, 1.54) is 11.3 Å². The highest BCUT2D eigenvalue weighted by Gasteiger charge is 2.19. The Morgan fingerprint density at radius 1 is 0.757 bits per heavy atom. The molecule has 0 aliphatic carbocycles. The number of allylic oxidation sites excluding steroid dienone is 1. The Kier molecular flexibility index (Phi) is 29.3. The van der Waals surface area contributed by atoms with Crippen LogP contribution in [-0.2, 0) is 28.5 Å². The van der Waals surface area contributed by atoms with E-state index in [2.05, 4.69) is 77.3 Å². The van der Waals surface area contributed by atoms with Gasteiger partial charge in [0.1, 0.15) is 33.9 Å². The minimum Gasteiger partial charge on any atom is -0.464 e. The number of ether oxygens (including phenoxy) is 4. The zero-order valence-electron chi connectivity index (χ0n) is 43.7. The lowest BCUT2D eigenvalue weighted by atomic mass is 10.1. The van der Waals surface area contributed by atoms with Gasteiger partial charge in [-0.05, 0) is 107 Å². The number of thiophene rings is 2. The van der Waals surface area contributed by atoms with Gasteiger partial charge in [0.15, 0.2) is 0 Å². The number of benzene rings is 2. The predicted octanol–water partition coefficient (Wildman–Crippen LogP) is 13.6. The maximum Gasteiger partial charge on any atom is 0.293 e. The molecular formula is C54H69N11O7S2. The fourth-order valence-corrected chi connectivity index (χ4v) is 8.87. The van der Waals surface area contributed by atoms with Gasteiger partial charge in [-0.25, -0.2) is 9.69 Å². The van der Waals surface area contributed by atoms with E-state index in [1.807, 2.05) is 57.2 Å². The monoisotopic (exact) mass is 1050 g/mol. The summed E-state index contributed by atoms with van der Waals surface area (Å²) in [6.07, 6.45) is 9.22. The van der Waals surface area contributed by atoms with Gasteiger partial charge in [0, 0.05) is 50.6 Å². The van der Waals surface area contributed by atoms with Crippen LogP contribution in [0.1, 0.15) is 100 Å². The molecule has 1 atom stereocenters.